The van der Waals surface area contributed by atoms with Gasteiger partial charge in [0.2, 0.25) is 0 Å². The molecule has 0 fully saturated rings. The Morgan fingerprint density at radius 3 is 3.00 bits per heavy atom. The second-order valence-corrected chi connectivity index (χ2v) is 1.97. The summed E-state index contributed by atoms with van der Waals surface area (Å²) in [7, 11) is 0. The molecule has 0 bridgehead atoms. The summed E-state index contributed by atoms with van der Waals surface area (Å²) in [5, 5.41) is 7.09. The molecule has 6 nitrogen and oxygen atoms in total. The Morgan fingerprint density at radius 1 is 1.36 bits per heavy atom. The Bertz CT molecular complexity index is 348. The van der Waals surface area contributed by atoms with E-state index < -0.39 is 6.03 Å². The van der Waals surface area contributed by atoms with E-state index in [1.165, 1.54) is 6.20 Å². The number of hydrogen-bond acceptors (Lipinski definition) is 4. The fourth-order valence-electron chi connectivity index (χ4n) is 0.795. The fraction of sp³-hybridized carbons (Fsp3) is 0. The molecule has 0 saturated heterocycles. The van der Waals surface area contributed by atoms with Crippen molar-refractivity contribution >= 4 is 17.7 Å². The van der Waals surface area contributed by atoms with E-state index in [-0.39, 0.29) is 11.7 Å². The van der Waals surface area contributed by atoms with E-state index in [1.54, 1.807) is 0 Å². The van der Waals surface area contributed by atoms with Crippen LogP contribution in [0, 0.1) is 0 Å². The first-order valence-corrected chi connectivity index (χ1v) is 2.86. The van der Waals surface area contributed by atoms with Crippen LogP contribution in [0.2, 0.25) is 0 Å². The van der Waals surface area contributed by atoms with E-state index >= 15 is 0 Å². The van der Waals surface area contributed by atoms with Crippen molar-refractivity contribution in [1.29, 1.82) is 0 Å². The van der Waals surface area contributed by atoms with Crippen LogP contribution in [0.15, 0.2) is 32.0 Å². The van der Waals surface area contributed by atoms with Gasteiger partial charge < -0.3 is 5.73 Å². The van der Waals surface area contributed by atoms with E-state index in [1.807, 2.05) is 0 Å². The number of amides is 2. The molecular weight excluding hydrogens is 146 g/mol. The maximum absolute atomic E-state index is 10.6. The molecule has 2 rings (SSSR count). The van der Waals surface area contributed by atoms with Gasteiger partial charge in [0.15, 0.2) is 5.84 Å². The molecule has 0 aliphatic carbocycles. The third-order valence-electron chi connectivity index (χ3n) is 1.27. The summed E-state index contributed by atoms with van der Waals surface area (Å²) < 4.78 is 0. The molecule has 0 atom stereocenters. The monoisotopic (exact) mass is 149 g/mol. The summed E-state index contributed by atoms with van der Waals surface area (Å²) in [6.07, 6.45) is 1.42. The van der Waals surface area contributed by atoms with Crippen molar-refractivity contribution in [3.05, 3.63) is 11.8 Å². The number of carbonyl (C=O) groups excluding carboxylic acids is 1. The summed E-state index contributed by atoms with van der Waals surface area (Å²) >= 11 is 0. The molecule has 2 heterocycles. The molecule has 2 amide bonds. The van der Waals surface area contributed by atoms with Gasteiger partial charge in [0.1, 0.15) is 5.84 Å². The lowest BCUT2D eigenvalue weighted by Gasteiger charge is -2.02. The standard InChI is InChI=1S/C5H3N5O/c6-3-2-1-7-10-4(2)9-5(11)8-3/h1H,(H2,6,8,11). The van der Waals surface area contributed by atoms with Gasteiger partial charge in [0.05, 0.1) is 11.8 Å². The normalized spacial score (nSPS) is 20.7. The highest BCUT2D eigenvalue weighted by atomic mass is 16.2. The Morgan fingerprint density at radius 2 is 2.18 bits per heavy atom. The lowest BCUT2D eigenvalue weighted by atomic mass is 10.2. The molecule has 2 aliphatic rings. The van der Waals surface area contributed by atoms with Crippen LogP contribution in [0.5, 0.6) is 0 Å². The predicted molar refractivity (Wildman–Crippen MR) is 37.4 cm³/mol. The Balaban J connectivity index is 2.54. The Labute approximate surface area is 61.2 Å². The number of amidine groups is 2. The van der Waals surface area contributed by atoms with Crippen molar-refractivity contribution in [1.82, 2.24) is 0 Å². The first kappa shape index (κ1) is 5.90. The average molecular weight is 149 g/mol. The first-order chi connectivity index (χ1) is 5.27. The van der Waals surface area contributed by atoms with Gasteiger partial charge in [-0.25, -0.2) is 4.79 Å². The minimum Gasteiger partial charge on any atom is -0.383 e. The number of fused-ring (bicyclic) bond motifs is 1. The lowest BCUT2D eigenvalue weighted by Crippen LogP contribution is -2.23. The number of urea groups is 1. The van der Waals surface area contributed by atoms with Crippen LogP contribution in [-0.4, -0.2) is 17.7 Å². The zero-order valence-corrected chi connectivity index (χ0v) is 5.35. The van der Waals surface area contributed by atoms with Gasteiger partial charge in [-0.15, -0.1) is 5.11 Å². The summed E-state index contributed by atoms with van der Waals surface area (Å²) in [5.41, 5.74) is 5.89. The number of azo groups is 1. The average Bonchev–Trinajstić information content (AvgIpc) is 2.34. The van der Waals surface area contributed by atoms with Crippen molar-refractivity contribution in [3.8, 4) is 0 Å². The maximum Gasteiger partial charge on any atom is 0.371 e. The molecule has 0 unspecified atom stereocenters. The lowest BCUT2D eigenvalue weighted by molar-refractivity contribution is 0.257. The Kier molecular flexibility index (Phi) is 0.974. The van der Waals surface area contributed by atoms with Gasteiger partial charge in [-0.1, -0.05) is 0 Å². The molecule has 0 saturated carbocycles. The summed E-state index contributed by atoms with van der Waals surface area (Å²) in [5.74, 6) is 0.382. The Hall–Kier alpha value is -1.85. The van der Waals surface area contributed by atoms with Crippen LogP contribution in [0.4, 0.5) is 4.79 Å². The quantitative estimate of drug-likeness (QED) is 0.533. The molecular formula is C5H3N5O. The van der Waals surface area contributed by atoms with Gasteiger partial charge in [-0.05, 0) is 0 Å². The van der Waals surface area contributed by atoms with Crippen molar-refractivity contribution in [3.63, 3.8) is 0 Å². The highest BCUT2D eigenvalue weighted by Crippen LogP contribution is 2.13. The second-order valence-electron chi connectivity index (χ2n) is 1.97. The molecule has 6 heteroatoms. The zero-order valence-electron chi connectivity index (χ0n) is 5.35. The third kappa shape index (κ3) is 0.759. The number of carbonyl (C=O) groups is 1. The molecule has 11 heavy (non-hydrogen) atoms. The van der Waals surface area contributed by atoms with Crippen LogP contribution in [0.1, 0.15) is 0 Å². The van der Waals surface area contributed by atoms with Crippen molar-refractivity contribution < 1.29 is 4.79 Å². The second kappa shape index (κ2) is 1.82. The maximum atomic E-state index is 10.6. The van der Waals surface area contributed by atoms with Gasteiger partial charge in [0.25, 0.3) is 0 Å². The minimum atomic E-state index is -0.629. The molecule has 54 valence electrons. The van der Waals surface area contributed by atoms with Crippen molar-refractivity contribution in [2.45, 2.75) is 0 Å². The van der Waals surface area contributed by atoms with Crippen LogP contribution >= 0.6 is 0 Å². The number of nitrogens with zero attached hydrogens (tertiary/aromatic N) is 4. The van der Waals surface area contributed by atoms with Crippen molar-refractivity contribution in [2.75, 3.05) is 0 Å². The highest BCUT2D eigenvalue weighted by molar-refractivity contribution is 6.29. The first-order valence-electron chi connectivity index (χ1n) is 2.86. The predicted octanol–water partition coefficient (Wildman–Crippen LogP) is 0.225. The molecule has 2 aliphatic heterocycles. The van der Waals surface area contributed by atoms with Gasteiger partial charge in [0, 0.05) is 0 Å². The third-order valence-corrected chi connectivity index (χ3v) is 1.27. The largest absolute Gasteiger partial charge is 0.383 e. The number of hydrogen-bond donors (Lipinski definition) is 1. The van der Waals surface area contributed by atoms with E-state index in [0.717, 1.165) is 0 Å². The van der Waals surface area contributed by atoms with Crippen LogP contribution in [0.25, 0.3) is 0 Å². The molecule has 2 N–H and O–H groups in total. The molecule has 0 aromatic heterocycles. The highest BCUT2D eigenvalue weighted by Gasteiger charge is 2.21. The topological polar surface area (TPSA) is 92.5 Å². The van der Waals surface area contributed by atoms with Crippen LogP contribution < -0.4 is 5.73 Å². The fourth-order valence-corrected chi connectivity index (χ4v) is 0.795. The van der Waals surface area contributed by atoms with Gasteiger partial charge in [-0.3, -0.25) is 0 Å². The smallest absolute Gasteiger partial charge is 0.371 e. The number of aliphatic imine (C=N–C) groups is 2. The van der Waals surface area contributed by atoms with Crippen LogP contribution in [-0.2, 0) is 0 Å². The summed E-state index contributed by atoms with van der Waals surface area (Å²) in [6.45, 7) is 0. The van der Waals surface area contributed by atoms with E-state index in [2.05, 4.69) is 20.2 Å². The zero-order chi connectivity index (χ0) is 7.84. The summed E-state index contributed by atoms with van der Waals surface area (Å²) in [4.78, 5) is 17.5. The van der Waals surface area contributed by atoms with E-state index in [0.29, 0.717) is 5.57 Å². The van der Waals surface area contributed by atoms with Crippen LogP contribution in [0.3, 0.4) is 0 Å². The van der Waals surface area contributed by atoms with Crippen molar-refractivity contribution in [2.24, 2.45) is 25.9 Å². The van der Waals surface area contributed by atoms with E-state index in [4.69, 9.17) is 5.73 Å². The molecule has 0 aromatic carbocycles. The SMILES string of the molecule is NC1=NC(=O)N=C2N=NC=C12. The number of nitrogens with two attached hydrogens (primary N) is 1. The summed E-state index contributed by atoms with van der Waals surface area (Å²) in [6, 6.07) is -0.629. The van der Waals surface area contributed by atoms with Gasteiger partial charge >= 0.3 is 6.03 Å². The molecule has 0 aromatic rings. The minimum absolute atomic E-state index is 0.130. The number of rotatable bonds is 0. The van der Waals surface area contributed by atoms with E-state index in [9.17, 15) is 4.79 Å². The molecule has 0 spiro atoms. The molecule has 0 radical (unpaired) electrons. The van der Waals surface area contributed by atoms with Gasteiger partial charge in [-0.2, -0.15) is 15.1 Å².